The van der Waals surface area contributed by atoms with Gasteiger partial charge in [-0.3, -0.25) is 0 Å². The predicted molar refractivity (Wildman–Crippen MR) is 192 cm³/mol. The van der Waals surface area contributed by atoms with Gasteiger partial charge in [0.1, 0.15) is 0 Å². The molecule has 0 unspecified atom stereocenters. The topological polar surface area (TPSA) is 3.24 Å². The lowest BCUT2D eigenvalue weighted by molar-refractivity contribution is 0.794. The lowest BCUT2D eigenvalue weighted by Crippen LogP contribution is -2.25. The van der Waals surface area contributed by atoms with Crippen LogP contribution in [-0.2, 0) is 5.41 Å². The SMILES string of the molecule is Cc1ccc(N(c2ccc(C)cc2)c2cccc(-c3ccc4c(c3)-c3ccccc3C43c4ccccc4-c4ccccc43)c2)cc1. The van der Waals surface area contributed by atoms with E-state index in [-0.39, 0.29) is 5.41 Å². The van der Waals surface area contributed by atoms with E-state index in [4.69, 9.17) is 0 Å². The van der Waals surface area contributed by atoms with E-state index in [2.05, 4.69) is 183 Å². The van der Waals surface area contributed by atoms with Crippen molar-refractivity contribution in [3.63, 3.8) is 0 Å². The number of benzene rings is 7. The molecule has 0 fully saturated rings. The molecule has 0 N–H and O–H groups in total. The molecular weight excluding hydrogens is 555 g/mol. The summed E-state index contributed by atoms with van der Waals surface area (Å²) in [4.78, 5) is 2.35. The molecule has 1 spiro atoms. The molecule has 1 nitrogen and oxygen atoms in total. The van der Waals surface area contributed by atoms with Crippen molar-refractivity contribution in [2.75, 3.05) is 4.90 Å². The Bertz CT molecular complexity index is 2180. The number of fused-ring (bicyclic) bond motifs is 10. The van der Waals surface area contributed by atoms with Crippen molar-refractivity contribution in [1.82, 2.24) is 0 Å². The molecule has 7 aromatic carbocycles. The zero-order chi connectivity index (χ0) is 30.8. The standard InChI is InChI=1S/C45H33N/c1-30-18-23-34(24-19-30)46(35-25-20-31(2)21-26-35)36-11-9-10-32(28-36)33-22-27-44-40(29-33)39-14-5-8-17-43(39)45(44)41-15-6-3-12-37(41)38-13-4-7-16-42(38)45/h3-29H,1-2H3. The zero-order valence-electron chi connectivity index (χ0n) is 26.0. The fourth-order valence-corrected chi connectivity index (χ4v) is 7.94. The van der Waals surface area contributed by atoms with Crippen LogP contribution >= 0.6 is 0 Å². The summed E-state index contributed by atoms with van der Waals surface area (Å²) >= 11 is 0. The third kappa shape index (κ3) is 3.82. The number of hydrogen-bond donors (Lipinski definition) is 0. The first kappa shape index (κ1) is 26.7. The van der Waals surface area contributed by atoms with Gasteiger partial charge in [-0.05, 0) is 112 Å². The van der Waals surface area contributed by atoms with Crippen molar-refractivity contribution in [2.45, 2.75) is 19.3 Å². The first-order chi connectivity index (χ1) is 22.6. The van der Waals surface area contributed by atoms with Crippen LogP contribution in [0.1, 0.15) is 33.4 Å². The van der Waals surface area contributed by atoms with Gasteiger partial charge in [0.25, 0.3) is 0 Å². The van der Waals surface area contributed by atoms with E-state index < -0.39 is 0 Å². The minimum atomic E-state index is -0.312. The van der Waals surface area contributed by atoms with Gasteiger partial charge in [0.2, 0.25) is 0 Å². The minimum Gasteiger partial charge on any atom is -0.310 e. The molecule has 9 rings (SSSR count). The van der Waals surface area contributed by atoms with E-state index in [0.29, 0.717) is 0 Å². The smallest absolute Gasteiger partial charge is 0.0725 e. The lowest BCUT2D eigenvalue weighted by Gasteiger charge is -2.30. The predicted octanol–water partition coefficient (Wildman–Crippen LogP) is 11.8. The highest BCUT2D eigenvalue weighted by molar-refractivity contribution is 5.96. The van der Waals surface area contributed by atoms with Crippen molar-refractivity contribution in [3.8, 4) is 33.4 Å². The summed E-state index contributed by atoms with van der Waals surface area (Å²) in [5.74, 6) is 0. The maximum atomic E-state index is 2.42. The molecule has 0 heterocycles. The molecule has 0 radical (unpaired) electrons. The molecule has 0 bridgehead atoms. The molecule has 1 heteroatoms. The molecule has 0 aliphatic heterocycles. The first-order valence-electron chi connectivity index (χ1n) is 16.1. The largest absolute Gasteiger partial charge is 0.310 e. The van der Waals surface area contributed by atoms with Gasteiger partial charge in [0.15, 0.2) is 0 Å². The summed E-state index contributed by atoms with van der Waals surface area (Å²) in [5, 5.41) is 0. The Balaban J connectivity index is 1.22. The quantitative estimate of drug-likeness (QED) is 0.198. The molecule has 0 saturated carbocycles. The Morgan fingerprint density at radius 1 is 0.348 bits per heavy atom. The highest BCUT2D eigenvalue weighted by Crippen LogP contribution is 2.62. The van der Waals surface area contributed by atoms with Crippen LogP contribution in [0.4, 0.5) is 17.1 Å². The maximum absolute atomic E-state index is 2.42. The van der Waals surface area contributed by atoms with Crippen LogP contribution < -0.4 is 4.90 Å². The molecule has 7 aromatic rings. The van der Waals surface area contributed by atoms with E-state index in [0.717, 1.165) is 17.1 Å². The van der Waals surface area contributed by atoms with Crippen LogP contribution in [0.25, 0.3) is 33.4 Å². The van der Waals surface area contributed by atoms with Crippen molar-refractivity contribution >= 4 is 17.1 Å². The number of anilines is 3. The van der Waals surface area contributed by atoms with Gasteiger partial charge in [-0.15, -0.1) is 0 Å². The van der Waals surface area contributed by atoms with Crippen LogP contribution in [0.5, 0.6) is 0 Å². The lowest BCUT2D eigenvalue weighted by atomic mass is 9.70. The van der Waals surface area contributed by atoms with Gasteiger partial charge in [-0.25, -0.2) is 0 Å². The van der Waals surface area contributed by atoms with Crippen LogP contribution in [0, 0.1) is 13.8 Å². The Morgan fingerprint density at radius 3 is 1.35 bits per heavy atom. The van der Waals surface area contributed by atoms with Crippen LogP contribution in [-0.4, -0.2) is 0 Å². The Hall–Kier alpha value is -5.66. The molecule has 0 saturated heterocycles. The number of hydrogen-bond acceptors (Lipinski definition) is 1. The van der Waals surface area contributed by atoms with Crippen LogP contribution in [0.3, 0.4) is 0 Å². The molecule has 0 amide bonds. The number of rotatable bonds is 4. The number of nitrogens with zero attached hydrogens (tertiary/aromatic N) is 1. The number of aryl methyl sites for hydroxylation is 2. The first-order valence-corrected chi connectivity index (χ1v) is 16.1. The van der Waals surface area contributed by atoms with Crippen molar-refractivity contribution in [1.29, 1.82) is 0 Å². The van der Waals surface area contributed by atoms with Gasteiger partial charge in [-0.1, -0.05) is 132 Å². The fraction of sp³-hybridized carbons (Fsp3) is 0.0667. The van der Waals surface area contributed by atoms with E-state index >= 15 is 0 Å². The van der Waals surface area contributed by atoms with Gasteiger partial charge >= 0.3 is 0 Å². The summed E-state index contributed by atoms with van der Waals surface area (Å²) in [6.07, 6.45) is 0. The molecule has 2 aliphatic carbocycles. The summed E-state index contributed by atoms with van der Waals surface area (Å²) in [5.41, 5.74) is 18.9. The molecule has 0 aromatic heterocycles. The summed E-state index contributed by atoms with van der Waals surface area (Å²) < 4.78 is 0. The van der Waals surface area contributed by atoms with Crippen molar-refractivity contribution < 1.29 is 0 Å². The highest BCUT2D eigenvalue weighted by atomic mass is 15.1. The van der Waals surface area contributed by atoms with Gasteiger partial charge in [-0.2, -0.15) is 0 Å². The average Bonchev–Trinajstić information content (AvgIpc) is 3.57. The zero-order valence-corrected chi connectivity index (χ0v) is 26.0. The molecule has 46 heavy (non-hydrogen) atoms. The van der Waals surface area contributed by atoms with Crippen molar-refractivity contribution in [2.24, 2.45) is 0 Å². The van der Waals surface area contributed by atoms with Crippen molar-refractivity contribution in [3.05, 3.63) is 197 Å². The molecule has 218 valence electrons. The summed E-state index contributed by atoms with van der Waals surface area (Å²) in [6, 6.07) is 60.7. The van der Waals surface area contributed by atoms with Gasteiger partial charge in [0.05, 0.1) is 5.41 Å². The third-order valence-electron chi connectivity index (χ3n) is 10.0. The second-order valence-corrected chi connectivity index (χ2v) is 12.7. The van der Waals surface area contributed by atoms with Crippen LogP contribution in [0.15, 0.2) is 164 Å². The Kier molecular flexibility index (Phi) is 5.92. The highest BCUT2D eigenvalue weighted by Gasteiger charge is 2.51. The Labute approximate surface area is 271 Å². The Morgan fingerprint density at radius 2 is 0.804 bits per heavy atom. The molecule has 2 aliphatic rings. The normalized spacial score (nSPS) is 13.2. The fourth-order valence-electron chi connectivity index (χ4n) is 7.94. The van der Waals surface area contributed by atoms with E-state index in [9.17, 15) is 0 Å². The maximum Gasteiger partial charge on any atom is 0.0725 e. The van der Waals surface area contributed by atoms with Crippen LogP contribution in [0.2, 0.25) is 0 Å². The monoisotopic (exact) mass is 587 g/mol. The molecular formula is C45H33N. The summed E-state index contributed by atoms with van der Waals surface area (Å²) in [7, 11) is 0. The van der Waals surface area contributed by atoms with E-state index in [1.54, 1.807) is 0 Å². The minimum absolute atomic E-state index is 0.312. The summed E-state index contributed by atoms with van der Waals surface area (Å²) in [6.45, 7) is 4.28. The van der Waals surface area contributed by atoms with Gasteiger partial charge in [0, 0.05) is 17.1 Å². The third-order valence-corrected chi connectivity index (χ3v) is 10.0. The van der Waals surface area contributed by atoms with Gasteiger partial charge < -0.3 is 4.90 Å². The molecule has 0 atom stereocenters. The average molecular weight is 588 g/mol. The second-order valence-electron chi connectivity index (χ2n) is 12.7. The van der Waals surface area contributed by atoms with E-state index in [1.165, 1.54) is 66.8 Å². The second kappa shape index (κ2) is 10.2. The van der Waals surface area contributed by atoms with E-state index in [1.807, 2.05) is 0 Å².